The van der Waals surface area contributed by atoms with Gasteiger partial charge in [0.25, 0.3) is 11.8 Å². The molecule has 1 saturated carbocycles. The molecular formula is C28H40FN5O3S. The highest BCUT2D eigenvalue weighted by atomic mass is 32.1. The molecule has 0 aromatic carbocycles. The van der Waals surface area contributed by atoms with Crippen molar-refractivity contribution >= 4 is 29.0 Å². The second-order valence-electron chi connectivity index (χ2n) is 11.4. The van der Waals surface area contributed by atoms with Crippen molar-refractivity contribution in [1.29, 1.82) is 0 Å². The van der Waals surface area contributed by atoms with E-state index in [-0.39, 0.29) is 29.1 Å². The molecule has 2 amide bonds. The lowest BCUT2D eigenvalue weighted by atomic mass is 9.94. The van der Waals surface area contributed by atoms with Crippen molar-refractivity contribution in [3.63, 3.8) is 0 Å². The molecule has 2 aliphatic rings. The highest BCUT2D eigenvalue weighted by molar-refractivity contribution is 7.17. The Bertz CT molecular complexity index is 1130. The minimum Gasteiger partial charge on any atom is -0.389 e. The number of likely N-dealkylation sites (tertiary alicyclic amines) is 1. The Morgan fingerprint density at radius 3 is 2.50 bits per heavy atom. The first kappa shape index (κ1) is 28.4. The van der Waals surface area contributed by atoms with Crippen LogP contribution in [-0.2, 0) is 0 Å². The fourth-order valence-electron chi connectivity index (χ4n) is 4.99. The quantitative estimate of drug-likeness (QED) is 0.424. The van der Waals surface area contributed by atoms with Crippen LogP contribution in [0.2, 0.25) is 0 Å². The van der Waals surface area contributed by atoms with E-state index in [0.29, 0.717) is 36.9 Å². The molecule has 0 bridgehead atoms. The number of carbonyl (C=O) groups is 2. The van der Waals surface area contributed by atoms with E-state index in [1.165, 1.54) is 19.3 Å². The van der Waals surface area contributed by atoms with Crippen LogP contribution in [0, 0.1) is 0 Å². The second-order valence-corrected chi connectivity index (χ2v) is 12.4. The number of aliphatic hydroxyl groups is 1. The van der Waals surface area contributed by atoms with E-state index in [4.69, 9.17) is 4.98 Å². The number of nitrogens with one attached hydrogen (secondary N) is 2. The van der Waals surface area contributed by atoms with E-state index >= 15 is 0 Å². The summed E-state index contributed by atoms with van der Waals surface area (Å²) < 4.78 is 13.8. The van der Waals surface area contributed by atoms with Gasteiger partial charge in [0.05, 0.1) is 10.5 Å². The molecule has 1 saturated heterocycles. The van der Waals surface area contributed by atoms with Crippen molar-refractivity contribution in [1.82, 2.24) is 20.2 Å². The summed E-state index contributed by atoms with van der Waals surface area (Å²) in [6.45, 7) is 8.08. The molecule has 1 aliphatic carbocycles. The fraction of sp³-hybridized carbons (Fsp3) is 0.643. The average Bonchev–Trinajstić information content (AvgIpc) is 3.33. The number of pyridine rings is 1. The third-order valence-corrected chi connectivity index (χ3v) is 8.26. The van der Waals surface area contributed by atoms with Crippen molar-refractivity contribution in [2.75, 3.05) is 25.0 Å². The highest BCUT2D eigenvalue weighted by Gasteiger charge is 2.31. The number of alkyl halides is 1. The molecule has 2 aromatic heterocycles. The number of hydrogen-bond donors (Lipinski definition) is 3. The molecule has 3 heterocycles. The number of piperidine rings is 1. The SMILES string of the molecule is CC(C)c1cc(NC2CCCCC2)ncc1-c1sc(C(=O)NCC(C)(C)O)nc1C(=O)N1CCC(F)CC1. The predicted molar refractivity (Wildman–Crippen MR) is 149 cm³/mol. The Morgan fingerprint density at radius 1 is 1.18 bits per heavy atom. The number of halogens is 1. The van der Waals surface area contributed by atoms with Crippen molar-refractivity contribution in [2.24, 2.45) is 0 Å². The van der Waals surface area contributed by atoms with Gasteiger partial charge in [-0.1, -0.05) is 33.1 Å². The Hall–Kier alpha value is -2.59. The summed E-state index contributed by atoms with van der Waals surface area (Å²) in [5.41, 5.74) is 0.900. The minimum atomic E-state index is -1.08. The molecule has 0 radical (unpaired) electrons. The number of amides is 2. The molecule has 2 aromatic rings. The number of aromatic nitrogens is 2. The molecule has 3 N–H and O–H groups in total. The summed E-state index contributed by atoms with van der Waals surface area (Å²) in [7, 11) is 0. The normalized spacial score (nSPS) is 17.6. The summed E-state index contributed by atoms with van der Waals surface area (Å²) in [4.78, 5) is 38.0. The van der Waals surface area contributed by atoms with Gasteiger partial charge in [0.15, 0.2) is 5.01 Å². The molecule has 0 spiro atoms. The van der Waals surface area contributed by atoms with Gasteiger partial charge in [0, 0.05) is 37.4 Å². The van der Waals surface area contributed by atoms with Crippen LogP contribution in [0.3, 0.4) is 0 Å². The standard InChI is InChI=1S/C28H40FN5O3S/c1-17(2)20-14-22(32-19-8-6-5-7-9-19)30-15-21(20)24-23(27(36)34-12-10-18(29)11-13-34)33-26(38-24)25(35)31-16-28(3,4)37/h14-15,17-19,37H,5-13,16H2,1-4H3,(H,30,32)(H,31,35). The number of rotatable bonds is 8. The number of nitrogens with zero attached hydrogens (tertiary/aromatic N) is 3. The zero-order chi connectivity index (χ0) is 27.4. The summed E-state index contributed by atoms with van der Waals surface area (Å²) in [5, 5.41) is 16.5. The molecule has 38 heavy (non-hydrogen) atoms. The molecule has 0 atom stereocenters. The van der Waals surface area contributed by atoms with E-state index in [0.717, 1.165) is 41.1 Å². The van der Waals surface area contributed by atoms with E-state index in [2.05, 4.69) is 29.5 Å². The van der Waals surface area contributed by atoms with Gasteiger partial charge in [0.2, 0.25) is 0 Å². The largest absolute Gasteiger partial charge is 0.389 e. The van der Waals surface area contributed by atoms with E-state index in [9.17, 15) is 19.1 Å². The molecule has 0 unspecified atom stereocenters. The van der Waals surface area contributed by atoms with E-state index in [1.54, 1.807) is 24.9 Å². The first-order chi connectivity index (χ1) is 18.0. The van der Waals surface area contributed by atoms with Gasteiger partial charge < -0.3 is 20.6 Å². The third-order valence-electron chi connectivity index (χ3n) is 7.18. The second kappa shape index (κ2) is 12.1. The Morgan fingerprint density at radius 2 is 1.87 bits per heavy atom. The lowest BCUT2D eigenvalue weighted by Gasteiger charge is -2.28. The molecule has 8 nitrogen and oxygen atoms in total. The molecule has 4 rings (SSSR count). The average molecular weight is 546 g/mol. The molecular weight excluding hydrogens is 505 g/mol. The van der Waals surface area contributed by atoms with E-state index < -0.39 is 17.7 Å². The van der Waals surface area contributed by atoms with Crippen LogP contribution in [0.1, 0.15) is 104 Å². The topological polar surface area (TPSA) is 107 Å². The summed E-state index contributed by atoms with van der Waals surface area (Å²) >= 11 is 1.15. The molecule has 10 heteroatoms. The van der Waals surface area contributed by atoms with Gasteiger partial charge in [0.1, 0.15) is 17.7 Å². The van der Waals surface area contributed by atoms with Crippen LogP contribution in [0.4, 0.5) is 10.2 Å². The zero-order valence-corrected chi connectivity index (χ0v) is 23.7. The lowest BCUT2D eigenvalue weighted by molar-refractivity contribution is 0.0660. The lowest BCUT2D eigenvalue weighted by Crippen LogP contribution is -2.39. The van der Waals surface area contributed by atoms with Crippen molar-refractivity contribution < 1.29 is 19.1 Å². The molecule has 2 fully saturated rings. The first-order valence-corrected chi connectivity index (χ1v) is 14.5. The van der Waals surface area contributed by atoms with Crippen LogP contribution in [0.25, 0.3) is 10.4 Å². The van der Waals surface area contributed by atoms with Gasteiger partial charge in [-0.3, -0.25) is 9.59 Å². The highest BCUT2D eigenvalue weighted by Crippen LogP contribution is 2.38. The predicted octanol–water partition coefficient (Wildman–Crippen LogP) is 5.15. The van der Waals surface area contributed by atoms with Gasteiger partial charge in [-0.2, -0.15) is 0 Å². The monoisotopic (exact) mass is 545 g/mol. The molecule has 1 aliphatic heterocycles. The van der Waals surface area contributed by atoms with Crippen molar-refractivity contribution in [3.8, 4) is 10.4 Å². The third kappa shape index (κ3) is 7.08. The Kier molecular flexibility index (Phi) is 9.03. The Balaban J connectivity index is 1.69. The number of carbonyl (C=O) groups excluding carboxylic acids is 2. The maximum Gasteiger partial charge on any atom is 0.280 e. The maximum atomic E-state index is 13.8. The number of anilines is 1. The summed E-state index contributed by atoms with van der Waals surface area (Å²) in [5.74, 6) is 0.202. The van der Waals surface area contributed by atoms with Crippen LogP contribution in [0.5, 0.6) is 0 Å². The summed E-state index contributed by atoms with van der Waals surface area (Å²) in [6.07, 6.45) is 7.44. The van der Waals surface area contributed by atoms with Crippen LogP contribution >= 0.6 is 11.3 Å². The van der Waals surface area contributed by atoms with E-state index in [1.807, 2.05) is 6.07 Å². The maximum absolute atomic E-state index is 13.8. The van der Waals surface area contributed by atoms with Crippen molar-refractivity contribution in [2.45, 2.75) is 96.4 Å². The van der Waals surface area contributed by atoms with Gasteiger partial charge >= 0.3 is 0 Å². The van der Waals surface area contributed by atoms with Crippen LogP contribution < -0.4 is 10.6 Å². The minimum absolute atomic E-state index is 0.0500. The van der Waals surface area contributed by atoms with Gasteiger partial charge in [-0.15, -0.1) is 11.3 Å². The van der Waals surface area contributed by atoms with Crippen LogP contribution in [0.15, 0.2) is 12.3 Å². The molecule has 208 valence electrons. The first-order valence-electron chi connectivity index (χ1n) is 13.7. The fourth-order valence-corrected chi connectivity index (χ4v) is 6.00. The van der Waals surface area contributed by atoms with Crippen LogP contribution in [-0.4, -0.2) is 69.2 Å². The number of thiazole rings is 1. The van der Waals surface area contributed by atoms with Crippen molar-refractivity contribution in [3.05, 3.63) is 28.5 Å². The summed E-state index contributed by atoms with van der Waals surface area (Å²) in [6, 6.07) is 2.46. The van der Waals surface area contributed by atoms with Gasteiger partial charge in [-0.05, 0) is 57.1 Å². The zero-order valence-electron chi connectivity index (χ0n) is 22.8. The number of hydrogen-bond acceptors (Lipinski definition) is 7. The van der Waals surface area contributed by atoms with Gasteiger partial charge in [-0.25, -0.2) is 14.4 Å². The Labute approximate surface area is 228 Å². The smallest absolute Gasteiger partial charge is 0.280 e.